The Balaban J connectivity index is 1.52. The van der Waals surface area contributed by atoms with E-state index < -0.39 is 46.8 Å². The van der Waals surface area contributed by atoms with Gasteiger partial charge in [-0.15, -0.1) is 0 Å². The number of aromatic nitrogens is 1. The Bertz CT molecular complexity index is 1850. The molecule has 1 aliphatic rings. The van der Waals surface area contributed by atoms with Crippen molar-refractivity contribution >= 4 is 16.8 Å². The Labute approximate surface area is 239 Å². The van der Waals surface area contributed by atoms with Crippen LogP contribution in [0.5, 0.6) is 5.75 Å². The van der Waals surface area contributed by atoms with Gasteiger partial charge in [-0.3, -0.25) is 4.79 Å². The number of methoxy groups -OCH3 is 1. The van der Waals surface area contributed by atoms with Crippen LogP contribution in [-0.2, 0) is 18.8 Å². The zero-order valence-corrected chi connectivity index (χ0v) is 22.2. The molecule has 1 amide bonds. The van der Waals surface area contributed by atoms with Crippen LogP contribution in [0.2, 0.25) is 0 Å². The van der Waals surface area contributed by atoms with Gasteiger partial charge >= 0.3 is 12.4 Å². The lowest BCUT2D eigenvalue weighted by atomic mass is 9.94. The largest absolute Gasteiger partial charge is 0.497 e. The Morgan fingerprint density at radius 3 is 2.40 bits per heavy atom. The Morgan fingerprint density at radius 2 is 1.67 bits per heavy atom. The fraction of sp³-hybridized carbons (Fsp3) is 0.194. The summed E-state index contributed by atoms with van der Waals surface area (Å²) >= 11 is 0. The fourth-order valence-electron chi connectivity index (χ4n) is 5.59. The number of benzene rings is 3. The molecule has 3 heterocycles. The van der Waals surface area contributed by atoms with Crippen LogP contribution in [0.1, 0.15) is 44.5 Å². The molecule has 0 fully saturated rings. The Hall–Kier alpha value is -4.74. The maximum Gasteiger partial charge on any atom is 0.417 e. The number of halogens is 7. The third-order valence-electron chi connectivity index (χ3n) is 7.51. The van der Waals surface area contributed by atoms with Crippen molar-refractivity contribution in [2.24, 2.45) is 0 Å². The maximum absolute atomic E-state index is 13.9. The van der Waals surface area contributed by atoms with Crippen LogP contribution in [0.3, 0.4) is 0 Å². The van der Waals surface area contributed by atoms with Crippen LogP contribution in [0.4, 0.5) is 30.7 Å². The van der Waals surface area contributed by atoms with Crippen LogP contribution < -0.4 is 4.74 Å². The van der Waals surface area contributed by atoms with Gasteiger partial charge in [0.15, 0.2) is 0 Å². The average molecular weight is 603 g/mol. The van der Waals surface area contributed by atoms with Crippen LogP contribution in [0, 0.1) is 5.82 Å². The van der Waals surface area contributed by atoms with Crippen LogP contribution >= 0.6 is 0 Å². The second kappa shape index (κ2) is 10.2. The number of carbonyl (C=O) groups excluding carboxylic acids is 1. The quantitative estimate of drug-likeness (QED) is 0.210. The molecule has 5 aromatic rings. The molecule has 0 aliphatic carbocycles. The monoisotopic (exact) mass is 602 g/mol. The molecule has 0 saturated heterocycles. The highest BCUT2D eigenvalue weighted by Crippen LogP contribution is 2.44. The molecule has 0 bridgehead atoms. The molecule has 0 saturated carbocycles. The fourth-order valence-corrected chi connectivity index (χ4v) is 5.59. The SMILES string of the molecule is COc1ccc2[nH]c3c(c2c1)CCN(C(=O)c1ccc(F)cc1C(F)(F)F)[C@H]3c1ccc(-c2ccccc2C(F)(F)F)o1. The zero-order valence-electron chi connectivity index (χ0n) is 22.2. The molecule has 0 radical (unpaired) electrons. The first-order chi connectivity index (χ1) is 20.4. The van der Waals surface area contributed by atoms with Gasteiger partial charge in [0.2, 0.25) is 0 Å². The van der Waals surface area contributed by atoms with E-state index in [-0.39, 0.29) is 36.1 Å². The van der Waals surface area contributed by atoms with E-state index in [0.29, 0.717) is 17.0 Å². The minimum absolute atomic E-state index is 0.0236. The van der Waals surface area contributed by atoms with Crippen molar-refractivity contribution in [1.29, 1.82) is 0 Å². The summed E-state index contributed by atoms with van der Waals surface area (Å²) in [7, 11) is 1.49. The number of nitrogens with one attached hydrogen (secondary N) is 1. The lowest BCUT2D eigenvalue weighted by molar-refractivity contribution is -0.138. The first-order valence-corrected chi connectivity index (χ1v) is 13.0. The Morgan fingerprint density at radius 1 is 0.930 bits per heavy atom. The number of ether oxygens (including phenoxy) is 1. The molecule has 0 unspecified atom stereocenters. The standard InChI is InChI=1S/C31H21F7N2O3/c1-42-17-7-9-24-21(15-17)18-12-13-40(29(41)20-8-6-16(32)14-23(20)31(36,37)38)28(27(18)39-24)26-11-10-25(43-26)19-4-2-3-5-22(19)30(33,34)35/h2-11,14-15,28,39H,12-13H2,1H3/t28-/m0/s1. The number of H-pyrrole nitrogens is 1. The summed E-state index contributed by atoms with van der Waals surface area (Å²) in [5.74, 6) is -1.78. The number of alkyl halides is 6. The van der Waals surface area contributed by atoms with Crippen molar-refractivity contribution in [3.05, 3.63) is 112 Å². The van der Waals surface area contributed by atoms with E-state index in [9.17, 15) is 35.5 Å². The van der Waals surface area contributed by atoms with E-state index in [1.54, 1.807) is 18.2 Å². The summed E-state index contributed by atoms with van der Waals surface area (Å²) in [6, 6.07) is 13.4. The van der Waals surface area contributed by atoms with E-state index in [1.165, 1.54) is 37.4 Å². The van der Waals surface area contributed by atoms with E-state index in [4.69, 9.17) is 9.15 Å². The molecule has 222 valence electrons. The molecule has 2 aromatic heterocycles. The van der Waals surface area contributed by atoms with E-state index in [1.807, 2.05) is 0 Å². The predicted molar refractivity (Wildman–Crippen MR) is 142 cm³/mol. The third kappa shape index (κ3) is 5.00. The molecule has 1 aliphatic heterocycles. The number of nitrogens with zero attached hydrogens (tertiary/aromatic N) is 1. The van der Waals surface area contributed by atoms with Gasteiger partial charge < -0.3 is 19.0 Å². The molecule has 1 N–H and O–H groups in total. The van der Waals surface area contributed by atoms with Gasteiger partial charge in [-0.1, -0.05) is 18.2 Å². The van der Waals surface area contributed by atoms with Crippen molar-refractivity contribution in [2.45, 2.75) is 24.8 Å². The molecule has 0 spiro atoms. The van der Waals surface area contributed by atoms with Gasteiger partial charge in [0.25, 0.3) is 5.91 Å². The predicted octanol–water partition coefficient (Wildman–Crippen LogP) is 8.40. The average Bonchev–Trinajstić information content (AvgIpc) is 3.60. The zero-order chi connectivity index (χ0) is 30.7. The summed E-state index contributed by atoms with van der Waals surface area (Å²) < 4.78 is 108. The summed E-state index contributed by atoms with van der Waals surface area (Å²) in [4.78, 5) is 18.2. The van der Waals surface area contributed by atoms with Crippen molar-refractivity contribution in [3.8, 4) is 17.1 Å². The van der Waals surface area contributed by atoms with Gasteiger partial charge in [0.1, 0.15) is 29.1 Å². The highest BCUT2D eigenvalue weighted by molar-refractivity contribution is 5.97. The minimum atomic E-state index is -5.03. The molecule has 5 nitrogen and oxygen atoms in total. The summed E-state index contributed by atoms with van der Waals surface area (Å²) in [5, 5.41) is 0.749. The first-order valence-electron chi connectivity index (χ1n) is 13.0. The van der Waals surface area contributed by atoms with Crippen molar-refractivity contribution in [3.63, 3.8) is 0 Å². The van der Waals surface area contributed by atoms with Crippen LogP contribution in [0.15, 0.2) is 77.2 Å². The van der Waals surface area contributed by atoms with Crippen molar-refractivity contribution < 1.29 is 44.7 Å². The van der Waals surface area contributed by atoms with Gasteiger partial charge in [-0.2, -0.15) is 26.3 Å². The number of furan rings is 1. The smallest absolute Gasteiger partial charge is 0.417 e. The summed E-state index contributed by atoms with van der Waals surface area (Å²) in [6.07, 6.45) is -9.48. The summed E-state index contributed by atoms with van der Waals surface area (Å²) in [6.45, 7) is -0.0650. The highest BCUT2D eigenvalue weighted by atomic mass is 19.4. The molecular formula is C31H21F7N2O3. The molecule has 1 atom stereocenters. The Kier molecular flexibility index (Phi) is 6.74. The normalized spacial score (nSPS) is 15.5. The van der Waals surface area contributed by atoms with Gasteiger partial charge in [-0.05, 0) is 66.6 Å². The van der Waals surface area contributed by atoms with E-state index in [0.717, 1.165) is 34.0 Å². The second-order valence-electron chi connectivity index (χ2n) is 10.0. The van der Waals surface area contributed by atoms with E-state index >= 15 is 0 Å². The molecule has 43 heavy (non-hydrogen) atoms. The van der Waals surface area contributed by atoms with Gasteiger partial charge in [0, 0.05) is 23.0 Å². The second-order valence-corrected chi connectivity index (χ2v) is 10.0. The molecule has 6 rings (SSSR count). The number of hydrogen-bond donors (Lipinski definition) is 1. The van der Waals surface area contributed by atoms with Gasteiger partial charge in [0.05, 0.1) is 29.5 Å². The van der Waals surface area contributed by atoms with Crippen molar-refractivity contribution in [1.82, 2.24) is 9.88 Å². The number of hydrogen-bond acceptors (Lipinski definition) is 3. The van der Waals surface area contributed by atoms with Crippen LogP contribution in [0.25, 0.3) is 22.2 Å². The number of carbonyl (C=O) groups is 1. The lowest BCUT2D eigenvalue weighted by Gasteiger charge is -2.35. The number of fused-ring (bicyclic) bond motifs is 3. The maximum atomic E-state index is 13.9. The topological polar surface area (TPSA) is 58.5 Å². The van der Waals surface area contributed by atoms with E-state index in [2.05, 4.69) is 4.98 Å². The number of aromatic amines is 1. The van der Waals surface area contributed by atoms with Crippen molar-refractivity contribution in [2.75, 3.05) is 13.7 Å². The van der Waals surface area contributed by atoms with Crippen LogP contribution in [-0.4, -0.2) is 29.4 Å². The summed E-state index contributed by atoms with van der Waals surface area (Å²) in [5.41, 5.74) is -1.58. The molecule has 3 aromatic carbocycles. The molecule has 12 heteroatoms. The molecular weight excluding hydrogens is 581 g/mol. The third-order valence-corrected chi connectivity index (χ3v) is 7.51. The minimum Gasteiger partial charge on any atom is -0.497 e. The van der Waals surface area contributed by atoms with Gasteiger partial charge in [-0.25, -0.2) is 4.39 Å². The first kappa shape index (κ1) is 28.4. The lowest BCUT2D eigenvalue weighted by Crippen LogP contribution is -2.41. The number of amides is 1. The highest BCUT2D eigenvalue weighted by Gasteiger charge is 2.42. The number of rotatable bonds is 4.